The fourth-order valence-corrected chi connectivity index (χ4v) is 4.14. The van der Waals surface area contributed by atoms with Gasteiger partial charge in [-0.1, -0.05) is 35.5 Å². The molecule has 0 bridgehead atoms. The molecule has 0 radical (unpaired) electrons. The number of amides is 1. The summed E-state index contributed by atoms with van der Waals surface area (Å²) in [7, 11) is 0. The van der Waals surface area contributed by atoms with Crippen molar-refractivity contribution in [1.29, 1.82) is 0 Å². The number of ether oxygens (including phenoxy) is 1. The number of hydrogen-bond acceptors (Lipinski definition) is 5. The van der Waals surface area contributed by atoms with E-state index in [1.807, 2.05) is 62.6 Å². The highest BCUT2D eigenvalue weighted by atomic mass is 32.2. The predicted molar refractivity (Wildman–Crippen MR) is 126 cm³/mol. The Morgan fingerprint density at radius 2 is 1.84 bits per heavy atom. The zero-order valence-corrected chi connectivity index (χ0v) is 19.8. The van der Waals surface area contributed by atoms with Gasteiger partial charge in [0.25, 0.3) is 0 Å². The van der Waals surface area contributed by atoms with Crippen molar-refractivity contribution in [2.45, 2.75) is 59.3 Å². The van der Waals surface area contributed by atoms with E-state index in [0.717, 1.165) is 28.4 Å². The molecule has 2 aromatic carbocycles. The molecule has 164 valence electrons. The van der Waals surface area contributed by atoms with Gasteiger partial charge in [-0.2, -0.15) is 0 Å². The maximum atomic E-state index is 12.4. The zero-order chi connectivity index (χ0) is 22.5. The van der Waals surface area contributed by atoms with Crippen molar-refractivity contribution < 1.29 is 9.53 Å². The van der Waals surface area contributed by atoms with Gasteiger partial charge in [0.2, 0.25) is 5.91 Å². The lowest BCUT2D eigenvalue weighted by molar-refractivity contribution is -0.113. The van der Waals surface area contributed by atoms with E-state index in [4.69, 9.17) is 4.74 Å². The van der Waals surface area contributed by atoms with Crippen LogP contribution in [0.1, 0.15) is 48.0 Å². The smallest absolute Gasteiger partial charge is 0.234 e. The first kappa shape index (κ1) is 22.9. The lowest BCUT2D eigenvalue weighted by Gasteiger charge is -2.17. The van der Waals surface area contributed by atoms with Crippen LogP contribution in [0.5, 0.6) is 5.75 Å². The van der Waals surface area contributed by atoms with Gasteiger partial charge in [-0.25, -0.2) is 0 Å². The highest BCUT2D eigenvalue weighted by Gasteiger charge is 2.20. The number of rotatable bonds is 8. The van der Waals surface area contributed by atoms with Gasteiger partial charge >= 0.3 is 0 Å². The summed E-state index contributed by atoms with van der Waals surface area (Å²) >= 11 is 1.38. The van der Waals surface area contributed by atoms with Crippen LogP contribution in [-0.4, -0.2) is 26.4 Å². The van der Waals surface area contributed by atoms with E-state index in [1.54, 1.807) is 0 Å². The van der Waals surface area contributed by atoms with Crippen molar-refractivity contribution in [1.82, 2.24) is 14.8 Å². The maximum Gasteiger partial charge on any atom is 0.234 e. The van der Waals surface area contributed by atoms with Gasteiger partial charge in [0.05, 0.1) is 5.75 Å². The molecule has 0 saturated carbocycles. The number of aromatic nitrogens is 3. The summed E-state index contributed by atoms with van der Waals surface area (Å²) < 4.78 is 8.16. The molecule has 0 aliphatic rings. The largest absolute Gasteiger partial charge is 0.482 e. The fraction of sp³-hybridized carbons (Fsp3) is 0.375. The number of carbonyl (C=O) groups excluding carboxylic acids is 1. The lowest BCUT2D eigenvalue weighted by Crippen LogP contribution is -2.15. The van der Waals surface area contributed by atoms with Crippen LogP contribution in [0.15, 0.2) is 41.6 Å². The Bertz CT molecular complexity index is 1080. The number of nitrogens with zero attached hydrogens (tertiary/aromatic N) is 3. The normalized spacial score (nSPS) is 11.9. The molecule has 6 nitrogen and oxygen atoms in total. The van der Waals surface area contributed by atoms with Gasteiger partial charge in [0.15, 0.2) is 17.1 Å². The number of nitrogens with one attached hydrogen (secondary N) is 1. The molecule has 0 aliphatic heterocycles. The fourth-order valence-electron chi connectivity index (χ4n) is 3.33. The SMILES string of the molecule is CCn1c(SCC(=O)Nc2ccc(C)c(C)c2)nnc1C(C)Oc1ccc(C)cc1C. The molecular weight excluding hydrogens is 408 g/mol. The standard InChI is InChI=1S/C24H30N4O2S/c1-7-28-23(19(6)30-21-11-8-15(2)12-18(21)5)26-27-24(28)31-14-22(29)25-20-10-9-16(3)17(4)13-20/h8-13,19H,7,14H2,1-6H3,(H,25,29). The Morgan fingerprint density at radius 1 is 1.06 bits per heavy atom. The molecule has 31 heavy (non-hydrogen) atoms. The summed E-state index contributed by atoms with van der Waals surface area (Å²) in [6.45, 7) is 12.9. The highest BCUT2D eigenvalue weighted by Crippen LogP contribution is 2.27. The van der Waals surface area contributed by atoms with Crippen LogP contribution in [0.2, 0.25) is 0 Å². The molecule has 1 unspecified atom stereocenters. The summed E-state index contributed by atoms with van der Waals surface area (Å²) in [5.74, 6) is 1.78. The number of anilines is 1. The van der Waals surface area contributed by atoms with Crippen molar-refractivity contribution in [2.24, 2.45) is 0 Å². The first-order valence-corrected chi connectivity index (χ1v) is 11.4. The molecule has 0 saturated heterocycles. The van der Waals surface area contributed by atoms with E-state index in [-0.39, 0.29) is 17.8 Å². The van der Waals surface area contributed by atoms with E-state index in [2.05, 4.69) is 35.4 Å². The number of aryl methyl sites for hydroxylation is 4. The summed E-state index contributed by atoms with van der Waals surface area (Å²) in [6.07, 6.45) is -0.257. The van der Waals surface area contributed by atoms with Crippen molar-refractivity contribution in [3.63, 3.8) is 0 Å². The van der Waals surface area contributed by atoms with Gasteiger partial charge in [0.1, 0.15) is 5.75 Å². The molecule has 1 atom stereocenters. The molecular formula is C24H30N4O2S. The minimum atomic E-state index is -0.257. The molecule has 1 aromatic heterocycles. The second-order valence-corrected chi connectivity index (χ2v) is 8.69. The topological polar surface area (TPSA) is 69.0 Å². The minimum absolute atomic E-state index is 0.0694. The lowest BCUT2D eigenvalue weighted by atomic mass is 10.1. The molecule has 1 heterocycles. The third-order valence-electron chi connectivity index (χ3n) is 5.18. The molecule has 7 heteroatoms. The molecule has 0 aliphatic carbocycles. The van der Waals surface area contributed by atoms with E-state index in [1.165, 1.54) is 22.9 Å². The van der Waals surface area contributed by atoms with E-state index in [0.29, 0.717) is 11.7 Å². The van der Waals surface area contributed by atoms with Crippen molar-refractivity contribution in [3.05, 3.63) is 64.5 Å². The quantitative estimate of drug-likeness (QED) is 0.477. The summed E-state index contributed by atoms with van der Waals surface area (Å²) in [5.41, 5.74) is 5.45. The van der Waals surface area contributed by atoms with Crippen LogP contribution in [-0.2, 0) is 11.3 Å². The molecule has 1 N–H and O–H groups in total. The summed E-state index contributed by atoms with van der Waals surface area (Å²) in [6, 6.07) is 12.0. The summed E-state index contributed by atoms with van der Waals surface area (Å²) in [5, 5.41) is 12.3. The van der Waals surface area contributed by atoms with E-state index < -0.39 is 0 Å². The van der Waals surface area contributed by atoms with Crippen LogP contribution >= 0.6 is 11.8 Å². The molecule has 0 spiro atoms. The molecule has 1 amide bonds. The summed E-state index contributed by atoms with van der Waals surface area (Å²) in [4.78, 5) is 12.4. The second kappa shape index (κ2) is 10.0. The van der Waals surface area contributed by atoms with Gasteiger partial charge < -0.3 is 14.6 Å². The third-order valence-corrected chi connectivity index (χ3v) is 6.15. The van der Waals surface area contributed by atoms with Crippen molar-refractivity contribution in [3.8, 4) is 5.75 Å². The predicted octanol–water partition coefficient (Wildman–Crippen LogP) is 5.40. The maximum absolute atomic E-state index is 12.4. The third kappa shape index (κ3) is 5.67. The van der Waals surface area contributed by atoms with E-state index >= 15 is 0 Å². The van der Waals surface area contributed by atoms with Crippen LogP contribution in [0.4, 0.5) is 5.69 Å². The minimum Gasteiger partial charge on any atom is -0.482 e. The number of benzene rings is 2. The van der Waals surface area contributed by atoms with Crippen molar-refractivity contribution >= 4 is 23.4 Å². The zero-order valence-electron chi connectivity index (χ0n) is 19.0. The van der Waals surface area contributed by atoms with Crippen LogP contribution in [0.3, 0.4) is 0 Å². The first-order chi connectivity index (χ1) is 14.8. The average molecular weight is 439 g/mol. The van der Waals surface area contributed by atoms with Gasteiger partial charge in [-0.05, 0) is 76.4 Å². The van der Waals surface area contributed by atoms with Crippen molar-refractivity contribution in [2.75, 3.05) is 11.1 Å². The first-order valence-electron chi connectivity index (χ1n) is 10.5. The second-order valence-electron chi connectivity index (χ2n) is 7.75. The van der Waals surface area contributed by atoms with Gasteiger partial charge in [-0.3, -0.25) is 4.79 Å². The Kier molecular flexibility index (Phi) is 7.38. The average Bonchev–Trinajstić information content (AvgIpc) is 3.14. The highest BCUT2D eigenvalue weighted by molar-refractivity contribution is 7.99. The Morgan fingerprint density at radius 3 is 2.52 bits per heavy atom. The Balaban J connectivity index is 1.65. The Labute approximate surface area is 188 Å². The van der Waals surface area contributed by atoms with Gasteiger partial charge in [0, 0.05) is 12.2 Å². The van der Waals surface area contributed by atoms with Crippen LogP contribution in [0, 0.1) is 27.7 Å². The number of thioether (sulfide) groups is 1. The molecule has 0 fully saturated rings. The van der Waals surface area contributed by atoms with Gasteiger partial charge in [-0.15, -0.1) is 10.2 Å². The molecule has 3 rings (SSSR count). The molecule has 3 aromatic rings. The number of hydrogen-bond donors (Lipinski definition) is 1. The Hall–Kier alpha value is -2.80. The monoisotopic (exact) mass is 438 g/mol. The van der Waals surface area contributed by atoms with E-state index in [9.17, 15) is 4.79 Å². The number of carbonyl (C=O) groups is 1. The van der Waals surface area contributed by atoms with Crippen LogP contribution < -0.4 is 10.1 Å². The van der Waals surface area contributed by atoms with Crippen LogP contribution in [0.25, 0.3) is 0 Å².